The lowest BCUT2D eigenvalue weighted by Gasteiger charge is -2.32. The Kier molecular flexibility index (Phi) is 7.28. The third kappa shape index (κ3) is 5.71. The summed E-state index contributed by atoms with van der Waals surface area (Å²) in [6, 6.07) is 8.76. The lowest BCUT2D eigenvalue weighted by molar-refractivity contribution is 0.0273. The Hall–Kier alpha value is -4.33. The average molecular weight is 567 g/mol. The second-order valence-electron chi connectivity index (χ2n) is 11.1. The summed E-state index contributed by atoms with van der Waals surface area (Å²) in [6.45, 7) is 7.91. The molecule has 1 atom stereocenters. The van der Waals surface area contributed by atoms with Crippen LogP contribution in [0.15, 0.2) is 55.2 Å². The van der Waals surface area contributed by atoms with E-state index >= 15 is 0 Å². The molecule has 2 aliphatic rings. The van der Waals surface area contributed by atoms with Crippen molar-refractivity contribution in [2.24, 2.45) is 7.05 Å². The summed E-state index contributed by atoms with van der Waals surface area (Å²) < 4.78 is 9.58. The van der Waals surface area contributed by atoms with Crippen LogP contribution in [-0.4, -0.2) is 114 Å². The number of hydrogen-bond donors (Lipinski definition) is 0. The van der Waals surface area contributed by atoms with Gasteiger partial charge in [-0.3, -0.25) is 9.58 Å². The summed E-state index contributed by atoms with van der Waals surface area (Å²) in [4.78, 5) is 25.7. The van der Waals surface area contributed by atoms with E-state index in [9.17, 15) is 0 Å². The number of ether oxygens (including phenoxy) is 1. The summed E-state index contributed by atoms with van der Waals surface area (Å²) in [5.74, 6) is 0.695. The van der Waals surface area contributed by atoms with Crippen LogP contribution in [0.2, 0.25) is 0 Å². The highest BCUT2D eigenvalue weighted by molar-refractivity contribution is 5.69. The van der Waals surface area contributed by atoms with E-state index in [1.165, 1.54) is 5.56 Å². The fraction of sp³-hybridized carbons (Fsp3) is 0.414. The van der Waals surface area contributed by atoms with E-state index < -0.39 is 0 Å². The molecule has 5 aromatic rings. The molecule has 216 valence electrons. The Bertz CT molecular complexity index is 1640. The number of fused-ring (bicyclic) bond motifs is 1. The molecule has 0 spiro atoms. The molecular weight excluding hydrogens is 532 g/mol. The first kappa shape index (κ1) is 26.6. The monoisotopic (exact) mass is 566 g/mol. The van der Waals surface area contributed by atoms with Crippen molar-refractivity contribution in [3.63, 3.8) is 0 Å². The van der Waals surface area contributed by atoms with Crippen molar-refractivity contribution in [1.29, 1.82) is 0 Å². The third-order valence-electron chi connectivity index (χ3n) is 7.95. The fourth-order valence-electron chi connectivity index (χ4n) is 5.48. The molecule has 0 bridgehead atoms. The van der Waals surface area contributed by atoms with Crippen molar-refractivity contribution in [1.82, 2.24) is 54.5 Å². The number of rotatable bonds is 7. The predicted molar refractivity (Wildman–Crippen MR) is 158 cm³/mol. The second kappa shape index (κ2) is 11.5. The van der Waals surface area contributed by atoms with Gasteiger partial charge in [0.2, 0.25) is 11.6 Å². The number of piperazine rings is 1. The predicted octanol–water partition coefficient (Wildman–Crippen LogP) is 1.73. The SMILES string of the molecule is CN1CCN(Cc2ccc(-c3cnc(N4CCO[C@H](Cn5nnc6ncc(-c7cnn(C)c7)nc65)C4)nc3)cc2)CC1. The minimum atomic E-state index is -0.122. The molecule has 4 aromatic heterocycles. The van der Waals surface area contributed by atoms with Crippen LogP contribution >= 0.6 is 0 Å². The number of likely N-dealkylation sites (N-methyl/N-ethyl adjacent to an activating group) is 1. The summed E-state index contributed by atoms with van der Waals surface area (Å²) in [5.41, 5.74) is 6.19. The quantitative estimate of drug-likeness (QED) is 0.287. The van der Waals surface area contributed by atoms with Gasteiger partial charge in [0.1, 0.15) is 0 Å². The van der Waals surface area contributed by atoms with Gasteiger partial charge in [-0.05, 0) is 18.2 Å². The van der Waals surface area contributed by atoms with Crippen molar-refractivity contribution in [2.75, 3.05) is 57.8 Å². The zero-order valence-electron chi connectivity index (χ0n) is 23.9. The van der Waals surface area contributed by atoms with Crippen LogP contribution in [0, 0.1) is 0 Å². The number of benzene rings is 1. The molecule has 0 amide bonds. The summed E-state index contributed by atoms with van der Waals surface area (Å²) in [5, 5.41) is 12.7. The zero-order valence-corrected chi connectivity index (χ0v) is 23.9. The molecule has 0 saturated carbocycles. The Labute approximate surface area is 243 Å². The highest BCUT2D eigenvalue weighted by atomic mass is 16.5. The molecule has 0 aliphatic carbocycles. The van der Waals surface area contributed by atoms with Crippen molar-refractivity contribution < 1.29 is 4.74 Å². The maximum Gasteiger partial charge on any atom is 0.225 e. The number of morpholine rings is 1. The summed E-state index contributed by atoms with van der Waals surface area (Å²) in [7, 11) is 4.06. The molecule has 2 saturated heterocycles. The van der Waals surface area contributed by atoms with Gasteiger partial charge in [0, 0.05) is 82.6 Å². The topological polar surface area (TPSA) is 119 Å². The molecule has 42 heavy (non-hydrogen) atoms. The van der Waals surface area contributed by atoms with Gasteiger partial charge < -0.3 is 14.5 Å². The molecular formula is C29H34N12O. The minimum absolute atomic E-state index is 0.122. The number of anilines is 1. The van der Waals surface area contributed by atoms with Crippen molar-refractivity contribution in [3.8, 4) is 22.4 Å². The molecule has 7 rings (SSSR count). The normalized spacial score (nSPS) is 18.6. The van der Waals surface area contributed by atoms with E-state index in [2.05, 4.69) is 66.4 Å². The first-order valence-electron chi connectivity index (χ1n) is 14.3. The van der Waals surface area contributed by atoms with Gasteiger partial charge in [-0.15, -0.1) is 5.10 Å². The zero-order chi connectivity index (χ0) is 28.5. The molecule has 0 N–H and O–H groups in total. The Morgan fingerprint density at radius 3 is 2.43 bits per heavy atom. The summed E-state index contributed by atoms with van der Waals surface area (Å²) in [6.07, 6.45) is 9.06. The van der Waals surface area contributed by atoms with E-state index in [1.807, 2.05) is 25.6 Å². The van der Waals surface area contributed by atoms with Crippen LogP contribution in [0.5, 0.6) is 0 Å². The van der Waals surface area contributed by atoms with E-state index in [0.717, 1.165) is 61.7 Å². The van der Waals surface area contributed by atoms with Gasteiger partial charge in [-0.2, -0.15) is 5.10 Å². The molecule has 13 heteroatoms. The van der Waals surface area contributed by atoms with Gasteiger partial charge in [-0.1, -0.05) is 29.5 Å². The molecule has 1 aromatic carbocycles. The summed E-state index contributed by atoms with van der Waals surface area (Å²) >= 11 is 0. The van der Waals surface area contributed by atoms with Gasteiger partial charge in [-0.25, -0.2) is 24.6 Å². The van der Waals surface area contributed by atoms with E-state index in [0.29, 0.717) is 36.9 Å². The Balaban J connectivity index is 0.994. The van der Waals surface area contributed by atoms with E-state index in [-0.39, 0.29) is 6.10 Å². The molecule has 2 aliphatic heterocycles. The van der Waals surface area contributed by atoms with Crippen LogP contribution in [0.1, 0.15) is 5.56 Å². The Morgan fingerprint density at radius 2 is 1.67 bits per heavy atom. The standard InChI is InChI=1S/C29H34N12O/c1-37-7-9-39(10-8-37)17-21-3-5-22(6-4-21)23-13-31-29(32-14-23)40-11-12-42-25(19-40)20-41-28-27(35-36-41)30-16-26(34-28)24-15-33-38(2)18-24/h3-6,13-16,18,25H,7-12,17,19-20H2,1-2H3/t25-/m0/s1. The maximum atomic E-state index is 6.08. The molecule has 6 heterocycles. The number of aromatic nitrogens is 9. The number of nitrogens with zero attached hydrogens (tertiary/aromatic N) is 12. The molecule has 0 unspecified atom stereocenters. The van der Waals surface area contributed by atoms with E-state index in [1.54, 1.807) is 21.8 Å². The maximum absolute atomic E-state index is 6.08. The number of hydrogen-bond acceptors (Lipinski definition) is 11. The highest BCUT2D eigenvalue weighted by Gasteiger charge is 2.24. The number of aryl methyl sites for hydroxylation is 1. The molecule has 2 fully saturated rings. The van der Waals surface area contributed by atoms with Crippen LogP contribution in [0.4, 0.5) is 5.95 Å². The van der Waals surface area contributed by atoms with Gasteiger partial charge >= 0.3 is 0 Å². The second-order valence-corrected chi connectivity index (χ2v) is 11.1. The first-order valence-corrected chi connectivity index (χ1v) is 14.3. The molecule has 0 radical (unpaired) electrons. The fourth-order valence-corrected chi connectivity index (χ4v) is 5.48. The van der Waals surface area contributed by atoms with Crippen molar-refractivity contribution in [3.05, 3.63) is 60.8 Å². The Morgan fingerprint density at radius 1 is 0.857 bits per heavy atom. The third-order valence-corrected chi connectivity index (χ3v) is 7.95. The lowest BCUT2D eigenvalue weighted by atomic mass is 10.1. The molecule has 13 nitrogen and oxygen atoms in total. The lowest BCUT2D eigenvalue weighted by Crippen LogP contribution is -2.45. The first-order chi connectivity index (χ1) is 20.6. The largest absolute Gasteiger partial charge is 0.373 e. The minimum Gasteiger partial charge on any atom is -0.373 e. The van der Waals surface area contributed by atoms with Gasteiger partial charge in [0.05, 0.1) is 37.3 Å². The van der Waals surface area contributed by atoms with E-state index in [4.69, 9.17) is 19.7 Å². The van der Waals surface area contributed by atoms with Gasteiger partial charge in [0.15, 0.2) is 5.65 Å². The van der Waals surface area contributed by atoms with Gasteiger partial charge in [0.25, 0.3) is 0 Å². The van der Waals surface area contributed by atoms with Crippen LogP contribution in [0.25, 0.3) is 33.7 Å². The van der Waals surface area contributed by atoms with Crippen molar-refractivity contribution in [2.45, 2.75) is 19.2 Å². The average Bonchev–Trinajstić information content (AvgIpc) is 3.64. The van der Waals surface area contributed by atoms with Crippen molar-refractivity contribution >= 4 is 17.2 Å². The highest BCUT2D eigenvalue weighted by Crippen LogP contribution is 2.22. The van der Waals surface area contributed by atoms with Crippen LogP contribution < -0.4 is 4.90 Å². The van der Waals surface area contributed by atoms with Crippen LogP contribution in [0.3, 0.4) is 0 Å². The smallest absolute Gasteiger partial charge is 0.225 e. The van der Waals surface area contributed by atoms with Crippen LogP contribution in [-0.2, 0) is 24.9 Å².